The number of methoxy groups -OCH3 is 2. The Bertz CT molecular complexity index is 689. The van der Waals surface area contributed by atoms with Crippen LogP contribution in [-0.2, 0) is 6.54 Å². The van der Waals surface area contributed by atoms with Gasteiger partial charge in [0.25, 0.3) is 0 Å². The number of quaternary nitrogens is 1. The summed E-state index contributed by atoms with van der Waals surface area (Å²) in [5, 5.41) is 2.24. The predicted octanol–water partition coefficient (Wildman–Crippen LogP) is 2.00. The van der Waals surface area contributed by atoms with Gasteiger partial charge in [0.15, 0.2) is 17.6 Å². The van der Waals surface area contributed by atoms with E-state index >= 15 is 0 Å². The zero-order valence-corrected chi connectivity index (χ0v) is 14.3. The van der Waals surface area contributed by atoms with Crippen LogP contribution in [0.5, 0.6) is 23.0 Å². The first-order chi connectivity index (χ1) is 11.7. The fourth-order valence-electron chi connectivity index (χ4n) is 2.78. The number of hydrogen-bond donors (Lipinski definition) is 1. The van der Waals surface area contributed by atoms with Crippen LogP contribution in [-0.4, -0.2) is 33.0 Å². The molecule has 1 heterocycles. The summed E-state index contributed by atoms with van der Waals surface area (Å²) in [4.78, 5) is 0. The van der Waals surface area contributed by atoms with E-state index in [1.165, 1.54) is 0 Å². The van der Waals surface area contributed by atoms with Crippen LogP contribution >= 0.6 is 0 Å². The van der Waals surface area contributed by atoms with Crippen LogP contribution in [0.4, 0.5) is 0 Å². The summed E-state index contributed by atoms with van der Waals surface area (Å²) in [6, 6.07) is 13.9. The van der Waals surface area contributed by atoms with Crippen LogP contribution in [0.15, 0.2) is 42.5 Å². The molecule has 0 aliphatic carbocycles. The summed E-state index contributed by atoms with van der Waals surface area (Å²) >= 11 is 0. The van der Waals surface area contributed by atoms with E-state index in [0.29, 0.717) is 6.61 Å². The summed E-state index contributed by atoms with van der Waals surface area (Å²) in [5.74, 6) is 3.27. The molecule has 0 aromatic heterocycles. The molecule has 0 spiro atoms. The monoisotopic (exact) mass is 330 g/mol. The highest BCUT2D eigenvalue weighted by molar-refractivity contribution is 5.41. The number of rotatable bonds is 6. The first kappa shape index (κ1) is 16.5. The molecule has 3 rings (SSSR count). The minimum absolute atomic E-state index is 0.0177. The Labute approximate surface area is 142 Å². The third kappa shape index (κ3) is 3.57. The average Bonchev–Trinajstić information content (AvgIpc) is 2.65. The molecule has 0 fully saturated rings. The average molecular weight is 330 g/mol. The van der Waals surface area contributed by atoms with E-state index in [9.17, 15) is 0 Å². The first-order valence-electron chi connectivity index (χ1n) is 8.14. The molecule has 2 aromatic rings. The Morgan fingerprint density at radius 2 is 1.92 bits per heavy atom. The highest BCUT2D eigenvalue weighted by atomic mass is 16.6. The van der Waals surface area contributed by atoms with Crippen LogP contribution in [0, 0.1) is 0 Å². The van der Waals surface area contributed by atoms with Crippen LogP contribution in [0.2, 0.25) is 0 Å². The summed E-state index contributed by atoms with van der Waals surface area (Å²) in [6.45, 7) is 3.52. The third-order valence-electron chi connectivity index (χ3n) is 4.32. The van der Waals surface area contributed by atoms with E-state index in [0.717, 1.165) is 35.1 Å². The van der Waals surface area contributed by atoms with Crippen molar-refractivity contribution in [3.8, 4) is 23.0 Å². The van der Waals surface area contributed by atoms with Crippen molar-refractivity contribution in [2.45, 2.75) is 25.6 Å². The maximum atomic E-state index is 6.07. The van der Waals surface area contributed by atoms with E-state index < -0.39 is 0 Å². The Kier molecular flexibility index (Phi) is 5.11. The minimum atomic E-state index is 0.0177. The molecule has 128 valence electrons. The smallest absolute Gasteiger partial charge is 0.184 e. The van der Waals surface area contributed by atoms with Gasteiger partial charge in [0.2, 0.25) is 0 Å². The van der Waals surface area contributed by atoms with Crippen LogP contribution < -0.4 is 24.3 Å². The largest absolute Gasteiger partial charge is 0.497 e. The molecule has 2 N–H and O–H groups in total. The topological polar surface area (TPSA) is 53.5 Å². The molecular weight excluding hydrogens is 306 g/mol. The van der Waals surface area contributed by atoms with Crippen LogP contribution in [0.3, 0.4) is 0 Å². The van der Waals surface area contributed by atoms with E-state index in [-0.39, 0.29) is 12.1 Å². The Hall–Kier alpha value is -2.40. The number of para-hydroxylation sites is 2. The zero-order valence-electron chi connectivity index (χ0n) is 14.3. The van der Waals surface area contributed by atoms with Gasteiger partial charge in [-0.1, -0.05) is 12.1 Å². The standard InChI is InChI=1S/C19H23NO4/c1-13(19-12-23-16-6-4-5-7-17(16)24-19)20-11-14-8-9-15(21-2)10-18(14)22-3/h4-10,13,19-20H,11-12H2,1-3H3/p+1/t13-,19-/m1/s1. The van der Waals surface area contributed by atoms with Gasteiger partial charge in [0.1, 0.15) is 30.7 Å². The molecule has 24 heavy (non-hydrogen) atoms. The van der Waals surface area contributed by atoms with Crippen molar-refractivity contribution in [3.63, 3.8) is 0 Å². The minimum Gasteiger partial charge on any atom is -0.497 e. The van der Waals surface area contributed by atoms with Gasteiger partial charge in [-0.15, -0.1) is 0 Å². The maximum absolute atomic E-state index is 6.07. The second-order valence-electron chi connectivity index (χ2n) is 5.89. The van der Waals surface area contributed by atoms with E-state index in [1.54, 1.807) is 14.2 Å². The number of nitrogens with two attached hydrogens (primary N) is 1. The zero-order chi connectivity index (χ0) is 16.9. The molecule has 0 amide bonds. The molecule has 1 aliphatic heterocycles. The van der Waals surface area contributed by atoms with E-state index in [2.05, 4.69) is 12.2 Å². The maximum Gasteiger partial charge on any atom is 0.184 e. The van der Waals surface area contributed by atoms with Gasteiger partial charge in [-0.2, -0.15) is 0 Å². The molecule has 1 aliphatic rings. The molecule has 0 bridgehead atoms. The number of fused-ring (bicyclic) bond motifs is 1. The van der Waals surface area contributed by atoms with Gasteiger partial charge >= 0.3 is 0 Å². The van der Waals surface area contributed by atoms with Crippen molar-refractivity contribution >= 4 is 0 Å². The van der Waals surface area contributed by atoms with Crippen LogP contribution in [0.25, 0.3) is 0 Å². The highest BCUT2D eigenvalue weighted by Crippen LogP contribution is 2.31. The second kappa shape index (κ2) is 7.45. The van der Waals surface area contributed by atoms with Gasteiger partial charge in [0, 0.05) is 11.6 Å². The lowest BCUT2D eigenvalue weighted by atomic mass is 10.1. The lowest BCUT2D eigenvalue weighted by Gasteiger charge is -2.29. The number of hydrogen-bond acceptors (Lipinski definition) is 4. The van der Waals surface area contributed by atoms with Crippen molar-refractivity contribution in [1.82, 2.24) is 0 Å². The van der Waals surface area contributed by atoms with Crippen molar-refractivity contribution in [2.24, 2.45) is 0 Å². The first-order valence-corrected chi connectivity index (χ1v) is 8.14. The number of benzene rings is 2. The Balaban J connectivity index is 1.61. The van der Waals surface area contributed by atoms with Crippen molar-refractivity contribution in [1.29, 1.82) is 0 Å². The fourth-order valence-corrected chi connectivity index (χ4v) is 2.78. The summed E-state index contributed by atoms with van der Waals surface area (Å²) in [5.41, 5.74) is 1.13. The van der Waals surface area contributed by atoms with Gasteiger partial charge in [-0.25, -0.2) is 0 Å². The molecule has 0 radical (unpaired) electrons. The number of ether oxygens (including phenoxy) is 4. The van der Waals surface area contributed by atoms with Gasteiger partial charge in [-0.05, 0) is 31.2 Å². The van der Waals surface area contributed by atoms with Crippen molar-refractivity contribution < 1.29 is 24.3 Å². The van der Waals surface area contributed by atoms with E-state index in [4.69, 9.17) is 18.9 Å². The molecule has 0 unspecified atom stereocenters. The Morgan fingerprint density at radius 1 is 1.12 bits per heavy atom. The summed E-state index contributed by atoms with van der Waals surface area (Å²) < 4.78 is 22.6. The van der Waals surface area contributed by atoms with Gasteiger partial charge in [0.05, 0.1) is 14.2 Å². The van der Waals surface area contributed by atoms with Crippen molar-refractivity contribution in [2.75, 3.05) is 20.8 Å². The fraction of sp³-hybridized carbons (Fsp3) is 0.368. The molecule has 2 aromatic carbocycles. The lowest BCUT2D eigenvalue weighted by Crippen LogP contribution is -2.91. The molecule has 2 atom stereocenters. The molecule has 5 nitrogen and oxygen atoms in total. The van der Waals surface area contributed by atoms with E-state index in [1.807, 2.05) is 42.5 Å². The third-order valence-corrected chi connectivity index (χ3v) is 4.32. The highest BCUT2D eigenvalue weighted by Gasteiger charge is 2.28. The SMILES string of the molecule is COc1ccc(C[NH2+][C@H](C)[C@H]2COc3ccccc3O2)c(OC)c1. The predicted molar refractivity (Wildman–Crippen MR) is 91.0 cm³/mol. The normalized spacial score (nSPS) is 17.2. The summed E-state index contributed by atoms with van der Waals surface area (Å²) in [7, 11) is 3.33. The molecule has 0 saturated heterocycles. The van der Waals surface area contributed by atoms with Gasteiger partial charge < -0.3 is 24.3 Å². The molecule has 5 heteroatoms. The second-order valence-corrected chi connectivity index (χ2v) is 5.89. The van der Waals surface area contributed by atoms with Gasteiger partial charge in [-0.3, -0.25) is 0 Å². The molecule has 0 saturated carbocycles. The Morgan fingerprint density at radius 3 is 2.67 bits per heavy atom. The molecular formula is C19H24NO4+. The van der Waals surface area contributed by atoms with Crippen LogP contribution in [0.1, 0.15) is 12.5 Å². The quantitative estimate of drug-likeness (QED) is 0.880. The summed E-state index contributed by atoms with van der Waals surface area (Å²) in [6.07, 6.45) is 0.0177. The lowest BCUT2D eigenvalue weighted by molar-refractivity contribution is -0.707. The van der Waals surface area contributed by atoms with Crippen molar-refractivity contribution in [3.05, 3.63) is 48.0 Å².